The van der Waals surface area contributed by atoms with Crippen LogP contribution in [0, 0.1) is 5.92 Å². The number of ether oxygens (including phenoxy) is 1. The second-order valence-corrected chi connectivity index (χ2v) is 8.48. The molecule has 28 heavy (non-hydrogen) atoms. The lowest BCUT2D eigenvalue weighted by Gasteiger charge is -2.28. The molecule has 1 atom stereocenters. The normalized spacial score (nSPS) is 13.2. The molecule has 0 aliphatic heterocycles. The zero-order chi connectivity index (χ0) is 21.1. The number of ketones is 1. The van der Waals surface area contributed by atoms with E-state index in [0.717, 1.165) is 16.5 Å². The van der Waals surface area contributed by atoms with Crippen LogP contribution in [0.25, 0.3) is 10.9 Å². The Bertz CT molecular complexity index is 876. The zero-order valence-electron chi connectivity index (χ0n) is 17.0. The molecule has 2 aromatic rings. The van der Waals surface area contributed by atoms with E-state index >= 15 is 0 Å². The van der Waals surface area contributed by atoms with Crippen LogP contribution >= 0.6 is 0 Å². The van der Waals surface area contributed by atoms with Crippen molar-refractivity contribution in [3.8, 4) is 0 Å². The molecule has 0 saturated carbocycles. The highest BCUT2D eigenvalue weighted by Gasteiger charge is 2.34. The Kier molecular flexibility index (Phi) is 6.17. The number of carbonyl (C=O) groups excluding carboxylic acids is 2. The lowest BCUT2D eigenvalue weighted by Crippen LogP contribution is -2.51. The molecule has 1 aromatic carbocycles. The van der Waals surface area contributed by atoms with Crippen molar-refractivity contribution in [1.29, 1.82) is 0 Å². The monoisotopic (exact) mass is 388 g/mol. The van der Waals surface area contributed by atoms with Crippen molar-refractivity contribution in [2.24, 2.45) is 5.92 Å². The molecule has 1 heterocycles. The number of amides is 1. The smallest absolute Gasteiger partial charge is 0.408 e. The number of carbonyl (C=O) groups is 3. The molecular weight excluding hydrogens is 360 g/mol. The van der Waals surface area contributed by atoms with E-state index in [2.05, 4.69) is 10.3 Å². The van der Waals surface area contributed by atoms with E-state index in [1.807, 2.05) is 24.3 Å². The molecule has 7 nitrogen and oxygen atoms in total. The van der Waals surface area contributed by atoms with Gasteiger partial charge in [0, 0.05) is 23.5 Å². The summed E-state index contributed by atoms with van der Waals surface area (Å²) in [5.74, 6) is -2.32. The van der Waals surface area contributed by atoms with Gasteiger partial charge in [0.1, 0.15) is 5.60 Å². The number of Topliss-reactive ketones (excluding diaryl/α,β-unsaturated/α-hetero) is 1. The van der Waals surface area contributed by atoms with E-state index in [9.17, 15) is 19.5 Å². The van der Waals surface area contributed by atoms with Crippen LogP contribution in [0.15, 0.2) is 30.5 Å². The van der Waals surface area contributed by atoms with Gasteiger partial charge in [0.15, 0.2) is 5.78 Å². The lowest BCUT2D eigenvalue weighted by molar-refractivity contribution is -0.144. The Morgan fingerprint density at radius 2 is 1.79 bits per heavy atom. The Labute approximate surface area is 164 Å². The number of fused-ring (bicyclic) bond motifs is 1. The minimum absolute atomic E-state index is 0.197. The maximum Gasteiger partial charge on any atom is 0.408 e. The summed E-state index contributed by atoms with van der Waals surface area (Å²) < 4.78 is 5.19. The van der Waals surface area contributed by atoms with Crippen LogP contribution in [-0.2, 0) is 20.7 Å². The maximum absolute atomic E-state index is 12.7. The van der Waals surface area contributed by atoms with Crippen molar-refractivity contribution in [3.05, 3.63) is 36.0 Å². The van der Waals surface area contributed by atoms with Gasteiger partial charge in [-0.2, -0.15) is 0 Å². The highest BCUT2D eigenvalue weighted by Crippen LogP contribution is 2.24. The highest BCUT2D eigenvalue weighted by molar-refractivity contribution is 5.93. The number of benzene rings is 1. The molecule has 1 amide bonds. The Morgan fingerprint density at radius 3 is 2.39 bits per heavy atom. The van der Waals surface area contributed by atoms with Gasteiger partial charge in [0.25, 0.3) is 0 Å². The van der Waals surface area contributed by atoms with Crippen LogP contribution < -0.4 is 5.32 Å². The number of aliphatic carboxylic acids is 1. The number of hydrogen-bond acceptors (Lipinski definition) is 4. The van der Waals surface area contributed by atoms with Crippen molar-refractivity contribution in [2.75, 3.05) is 0 Å². The number of alkyl carbamates (subject to hydrolysis) is 1. The number of rotatable bonds is 7. The van der Waals surface area contributed by atoms with Crippen LogP contribution in [0.2, 0.25) is 0 Å². The van der Waals surface area contributed by atoms with Crippen molar-refractivity contribution in [3.63, 3.8) is 0 Å². The van der Waals surface area contributed by atoms with Crippen LogP contribution in [0.5, 0.6) is 0 Å². The van der Waals surface area contributed by atoms with Gasteiger partial charge in [-0.25, -0.2) is 4.79 Å². The summed E-state index contributed by atoms with van der Waals surface area (Å²) in [5.41, 5.74) is -0.174. The summed E-state index contributed by atoms with van der Waals surface area (Å²) in [5, 5.41) is 13.1. The minimum atomic E-state index is -1.24. The van der Waals surface area contributed by atoms with E-state index in [0.29, 0.717) is 0 Å². The molecule has 0 aliphatic rings. The number of para-hydroxylation sites is 1. The average molecular weight is 388 g/mol. The Balaban J connectivity index is 2.09. The van der Waals surface area contributed by atoms with Crippen molar-refractivity contribution >= 4 is 28.7 Å². The first-order chi connectivity index (χ1) is 12.9. The number of hydrogen-bond donors (Lipinski definition) is 3. The molecule has 2 rings (SSSR count). The molecule has 0 unspecified atom stereocenters. The quantitative estimate of drug-likeness (QED) is 0.670. The summed E-state index contributed by atoms with van der Waals surface area (Å²) in [6.45, 7) is 8.27. The molecule has 0 spiro atoms. The zero-order valence-corrected chi connectivity index (χ0v) is 17.0. The molecule has 7 heteroatoms. The molecule has 0 aliphatic carbocycles. The van der Waals surface area contributed by atoms with Gasteiger partial charge in [0.2, 0.25) is 0 Å². The third-order valence-electron chi connectivity index (χ3n) is 4.43. The summed E-state index contributed by atoms with van der Waals surface area (Å²) in [6, 6.07) is 7.60. The number of carboxylic acids is 1. The summed E-state index contributed by atoms with van der Waals surface area (Å²) >= 11 is 0. The van der Waals surface area contributed by atoms with E-state index < -0.39 is 29.1 Å². The first kappa shape index (κ1) is 21.5. The standard InChI is InChI=1S/C21H28N2O5/c1-20(2,3)28-19(27)23-21(4,5)17(24)11-13(18(25)26)10-14-12-22-16-9-7-6-8-15(14)16/h6-9,12-13,22H,10-11H2,1-5H3,(H,23,27)(H,25,26)/t13-/m0/s1. The third kappa shape index (κ3) is 5.58. The van der Waals surface area contributed by atoms with Crippen molar-refractivity contribution < 1.29 is 24.2 Å². The fourth-order valence-electron chi connectivity index (χ4n) is 2.92. The van der Waals surface area contributed by atoms with Gasteiger partial charge < -0.3 is 20.1 Å². The summed E-state index contributed by atoms with van der Waals surface area (Å²) in [7, 11) is 0. The van der Waals surface area contributed by atoms with Crippen molar-refractivity contribution in [2.45, 2.75) is 58.6 Å². The van der Waals surface area contributed by atoms with Crippen LogP contribution in [0.4, 0.5) is 4.79 Å². The fourth-order valence-corrected chi connectivity index (χ4v) is 2.92. The molecule has 0 radical (unpaired) electrons. The topological polar surface area (TPSA) is 108 Å². The van der Waals surface area contributed by atoms with Crippen LogP contribution in [-0.4, -0.2) is 39.1 Å². The minimum Gasteiger partial charge on any atom is -0.481 e. The lowest BCUT2D eigenvalue weighted by atomic mass is 9.87. The average Bonchev–Trinajstić information content (AvgIpc) is 2.94. The predicted molar refractivity (Wildman–Crippen MR) is 106 cm³/mol. The summed E-state index contributed by atoms with van der Waals surface area (Å²) in [6.07, 6.45) is 1.08. The second-order valence-electron chi connectivity index (χ2n) is 8.48. The van der Waals surface area contributed by atoms with Crippen molar-refractivity contribution in [1.82, 2.24) is 10.3 Å². The molecular formula is C21H28N2O5. The second kappa shape index (κ2) is 8.04. The van der Waals surface area contributed by atoms with Gasteiger partial charge in [0.05, 0.1) is 11.5 Å². The molecule has 0 saturated heterocycles. The molecule has 3 N–H and O–H groups in total. The van der Waals surface area contributed by atoms with Gasteiger partial charge in [-0.1, -0.05) is 18.2 Å². The van der Waals surface area contributed by atoms with E-state index in [1.165, 1.54) is 0 Å². The molecule has 152 valence electrons. The first-order valence-corrected chi connectivity index (χ1v) is 9.21. The third-order valence-corrected chi connectivity index (χ3v) is 4.43. The number of H-pyrrole nitrogens is 1. The summed E-state index contributed by atoms with van der Waals surface area (Å²) in [4.78, 5) is 39.6. The Morgan fingerprint density at radius 1 is 1.14 bits per heavy atom. The van der Waals surface area contributed by atoms with Gasteiger partial charge in [-0.15, -0.1) is 0 Å². The van der Waals surface area contributed by atoms with Crippen LogP contribution in [0.3, 0.4) is 0 Å². The Hall–Kier alpha value is -2.83. The van der Waals surface area contributed by atoms with E-state index in [-0.39, 0.29) is 18.6 Å². The predicted octanol–water partition coefficient (Wildman–Crippen LogP) is 3.67. The van der Waals surface area contributed by atoms with Gasteiger partial charge in [-0.3, -0.25) is 9.59 Å². The van der Waals surface area contributed by atoms with E-state index in [4.69, 9.17) is 4.74 Å². The van der Waals surface area contributed by atoms with E-state index in [1.54, 1.807) is 40.8 Å². The number of aromatic nitrogens is 1. The van der Waals surface area contributed by atoms with Gasteiger partial charge >= 0.3 is 12.1 Å². The SMILES string of the molecule is CC(C)(C)OC(=O)NC(C)(C)C(=O)C[C@H](Cc1c[nH]c2ccccc12)C(=O)O. The van der Waals surface area contributed by atoms with Gasteiger partial charge in [-0.05, 0) is 52.7 Å². The molecule has 1 aromatic heterocycles. The first-order valence-electron chi connectivity index (χ1n) is 9.21. The molecule has 0 bridgehead atoms. The number of aromatic amines is 1. The fraction of sp³-hybridized carbons (Fsp3) is 0.476. The maximum atomic E-state index is 12.7. The number of nitrogens with one attached hydrogen (secondary N) is 2. The largest absolute Gasteiger partial charge is 0.481 e. The highest BCUT2D eigenvalue weighted by atomic mass is 16.6. The van der Waals surface area contributed by atoms with Crippen LogP contribution in [0.1, 0.15) is 46.6 Å². The number of carboxylic acid groups (broad SMARTS) is 1. The molecule has 0 fully saturated rings.